The predicted molar refractivity (Wildman–Crippen MR) is 89.4 cm³/mol. The first-order valence-electron chi connectivity index (χ1n) is 7.19. The highest BCUT2D eigenvalue weighted by atomic mass is 79.9. The summed E-state index contributed by atoms with van der Waals surface area (Å²) in [6.07, 6.45) is -3.35. The molecule has 4 nitrogen and oxygen atoms in total. The average molecular weight is 418 g/mol. The van der Waals surface area contributed by atoms with Gasteiger partial charge in [-0.15, -0.1) is 0 Å². The minimum atomic E-state index is -4.47. The Morgan fingerprint density at radius 1 is 1.24 bits per heavy atom. The van der Waals surface area contributed by atoms with Gasteiger partial charge >= 0.3 is 6.18 Å². The summed E-state index contributed by atoms with van der Waals surface area (Å²) >= 11 is 3.12. The Balaban J connectivity index is 2.16. The highest BCUT2D eigenvalue weighted by molar-refractivity contribution is 9.09. The Bertz CT molecular complexity index is 761. The van der Waals surface area contributed by atoms with Crippen molar-refractivity contribution in [3.05, 3.63) is 52.8 Å². The Labute approximate surface area is 151 Å². The molecular formula is C17H15BrF3NO3. The van der Waals surface area contributed by atoms with Crippen LogP contribution in [0, 0.1) is 6.92 Å². The molecule has 0 bridgehead atoms. The number of rotatable bonds is 6. The molecular weight excluding hydrogens is 403 g/mol. The normalized spacial score (nSPS) is 11.3. The van der Waals surface area contributed by atoms with Crippen molar-refractivity contribution in [2.24, 2.45) is 0 Å². The number of alkyl halides is 4. The number of ether oxygens (including phenoxy) is 2. The smallest absolute Gasteiger partial charge is 0.433 e. The van der Waals surface area contributed by atoms with Crippen LogP contribution in [0.25, 0.3) is 0 Å². The summed E-state index contributed by atoms with van der Waals surface area (Å²) in [5.41, 5.74) is 0.684. The van der Waals surface area contributed by atoms with E-state index in [1.165, 1.54) is 13.2 Å². The van der Waals surface area contributed by atoms with E-state index in [9.17, 15) is 18.0 Å². The van der Waals surface area contributed by atoms with Crippen LogP contribution in [0.15, 0.2) is 30.5 Å². The van der Waals surface area contributed by atoms with Gasteiger partial charge in [0.1, 0.15) is 23.8 Å². The van der Waals surface area contributed by atoms with E-state index in [0.717, 1.165) is 12.3 Å². The average Bonchev–Trinajstić information content (AvgIpc) is 2.59. The molecule has 2 rings (SSSR count). The quantitative estimate of drug-likeness (QED) is 0.509. The van der Waals surface area contributed by atoms with Gasteiger partial charge in [-0.2, -0.15) is 13.2 Å². The van der Waals surface area contributed by atoms with Crippen molar-refractivity contribution in [2.75, 3.05) is 12.4 Å². The number of pyridine rings is 1. The van der Waals surface area contributed by atoms with Gasteiger partial charge in [0, 0.05) is 17.8 Å². The lowest BCUT2D eigenvalue weighted by atomic mass is 10.1. The molecule has 0 atom stereocenters. The second kappa shape index (κ2) is 7.86. The van der Waals surface area contributed by atoms with Crippen LogP contribution < -0.4 is 9.47 Å². The van der Waals surface area contributed by atoms with Crippen molar-refractivity contribution < 1.29 is 27.4 Å². The number of halogens is 4. The van der Waals surface area contributed by atoms with Crippen LogP contribution in [0.2, 0.25) is 0 Å². The highest BCUT2D eigenvalue weighted by Crippen LogP contribution is 2.30. The molecule has 1 aromatic carbocycles. The standard InChI is InChI=1S/C17H15BrF3NO3/c1-10-5-12(13(23)7-18)15(24-2)6-14(10)25-9-11-3-4-16(22-8-11)17(19,20)21/h3-6,8H,7,9H2,1-2H3. The molecule has 2 aromatic rings. The Morgan fingerprint density at radius 3 is 2.48 bits per heavy atom. The lowest BCUT2D eigenvalue weighted by Gasteiger charge is -2.14. The van der Waals surface area contributed by atoms with Crippen molar-refractivity contribution in [1.29, 1.82) is 0 Å². The predicted octanol–water partition coefficient (Wildman–Crippen LogP) is 4.57. The summed E-state index contributed by atoms with van der Waals surface area (Å²) < 4.78 is 48.3. The Kier molecular flexibility index (Phi) is 6.05. The lowest BCUT2D eigenvalue weighted by Crippen LogP contribution is -2.08. The van der Waals surface area contributed by atoms with Crippen LogP contribution in [-0.4, -0.2) is 23.2 Å². The highest BCUT2D eigenvalue weighted by Gasteiger charge is 2.32. The number of carbonyl (C=O) groups excluding carboxylic acids is 1. The molecule has 0 saturated carbocycles. The van der Waals surface area contributed by atoms with E-state index in [1.54, 1.807) is 19.1 Å². The van der Waals surface area contributed by atoms with E-state index in [4.69, 9.17) is 9.47 Å². The van der Waals surface area contributed by atoms with Gasteiger partial charge < -0.3 is 9.47 Å². The SMILES string of the molecule is COc1cc(OCc2ccc(C(F)(F)F)nc2)c(C)cc1C(=O)CBr. The van der Waals surface area contributed by atoms with Crippen molar-refractivity contribution in [2.45, 2.75) is 19.7 Å². The zero-order chi connectivity index (χ0) is 18.6. The summed E-state index contributed by atoms with van der Waals surface area (Å²) in [5, 5.41) is 0.167. The molecule has 25 heavy (non-hydrogen) atoms. The van der Waals surface area contributed by atoms with Crippen LogP contribution in [0.3, 0.4) is 0 Å². The topological polar surface area (TPSA) is 48.4 Å². The number of ketones is 1. The fraction of sp³-hybridized carbons (Fsp3) is 0.294. The van der Waals surface area contributed by atoms with E-state index in [1.807, 2.05) is 0 Å². The van der Waals surface area contributed by atoms with Crippen molar-refractivity contribution in [1.82, 2.24) is 4.98 Å². The first-order chi connectivity index (χ1) is 11.8. The second-order valence-corrected chi connectivity index (χ2v) is 5.77. The fourth-order valence-electron chi connectivity index (χ4n) is 2.12. The maximum atomic E-state index is 12.5. The maximum absolute atomic E-state index is 12.5. The third kappa shape index (κ3) is 4.72. The Hall–Kier alpha value is -2.09. The lowest BCUT2D eigenvalue weighted by molar-refractivity contribution is -0.141. The molecule has 1 aromatic heterocycles. The van der Waals surface area contributed by atoms with Crippen molar-refractivity contribution in [3.8, 4) is 11.5 Å². The summed E-state index contributed by atoms with van der Waals surface area (Å²) in [7, 11) is 1.44. The van der Waals surface area contributed by atoms with Gasteiger partial charge in [-0.25, -0.2) is 0 Å². The minimum absolute atomic E-state index is 0.0425. The van der Waals surface area contributed by atoms with Gasteiger partial charge in [0.15, 0.2) is 5.78 Å². The number of carbonyl (C=O) groups is 1. The van der Waals surface area contributed by atoms with Gasteiger partial charge in [-0.1, -0.05) is 22.0 Å². The molecule has 0 N–H and O–H groups in total. The zero-order valence-electron chi connectivity index (χ0n) is 13.5. The number of hydrogen-bond donors (Lipinski definition) is 0. The number of benzene rings is 1. The molecule has 134 valence electrons. The summed E-state index contributed by atoms with van der Waals surface area (Å²) in [5.74, 6) is 0.719. The first-order valence-corrected chi connectivity index (χ1v) is 8.31. The summed E-state index contributed by atoms with van der Waals surface area (Å²) in [4.78, 5) is 15.3. The second-order valence-electron chi connectivity index (χ2n) is 5.21. The number of aryl methyl sites for hydroxylation is 1. The molecule has 0 fully saturated rings. The number of nitrogens with zero attached hydrogens (tertiary/aromatic N) is 1. The van der Waals surface area contributed by atoms with Crippen LogP contribution in [0.1, 0.15) is 27.2 Å². The third-order valence-electron chi connectivity index (χ3n) is 3.43. The van der Waals surface area contributed by atoms with Gasteiger partial charge in [0.2, 0.25) is 0 Å². The van der Waals surface area contributed by atoms with Crippen molar-refractivity contribution >= 4 is 21.7 Å². The van der Waals surface area contributed by atoms with E-state index >= 15 is 0 Å². The molecule has 0 aliphatic heterocycles. The van der Waals surface area contributed by atoms with Crippen molar-refractivity contribution in [3.63, 3.8) is 0 Å². The molecule has 0 saturated heterocycles. The van der Waals surface area contributed by atoms with Gasteiger partial charge in [0.25, 0.3) is 0 Å². The van der Waals surface area contributed by atoms with E-state index in [2.05, 4.69) is 20.9 Å². The number of aromatic nitrogens is 1. The molecule has 0 aliphatic rings. The minimum Gasteiger partial charge on any atom is -0.496 e. The molecule has 1 heterocycles. The van der Waals surface area contributed by atoms with E-state index < -0.39 is 11.9 Å². The zero-order valence-corrected chi connectivity index (χ0v) is 15.1. The van der Waals surface area contributed by atoms with Crippen LogP contribution in [0.5, 0.6) is 11.5 Å². The third-order valence-corrected chi connectivity index (χ3v) is 3.94. The van der Waals surface area contributed by atoms with Crippen LogP contribution >= 0.6 is 15.9 Å². The van der Waals surface area contributed by atoms with E-state index in [0.29, 0.717) is 28.2 Å². The Morgan fingerprint density at radius 2 is 1.96 bits per heavy atom. The van der Waals surface area contributed by atoms with E-state index in [-0.39, 0.29) is 17.7 Å². The molecule has 0 spiro atoms. The number of Topliss-reactive ketones (excluding diaryl/α,β-unsaturated/α-hetero) is 1. The van der Waals surface area contributed by atoms with Crippen LogP contribution in [-0.2, 0) is 12.8 Å². The van der Waals surface area contributed by atoms with Crippen LogP contribution in [0.4, 0.5) is 13.2 Å². The molecule has 0 unspecified atom stereocenters. The summed E-state index contributed by atoms with van der Waals surface area (Å²) in [6, 6.07) is 5.46. The number of methoxy groups -OCH3 is 1. The summed E-state index contributed by atoms with van der Waals surface area (Å²) in [6.45, 7) is 1.81. The molecule has 0 aliphatic carbocycles. The maximum Gasteiger partial charge on any atom is 0.433 e. The van der Waals surface area contributed by atoms with Gasteiger partial charge in [-0.05, 0) is 24.6 Å². The molecule has 0 amide bonds. The molecule has 0 radical (unpaired) electrons. The first kappa shape index (κ1) is 19.2. The fourth-order valence-corrected chi connectivity index (χ4v) is 2.42. The monoisotopic (exact) mass is 417 g/mol. The molecule has 8 heteroatoms. The largest absolute Gasteiger partial charge is 0.496 e. The van der Waals surface area contributed by atoms with Gasteiger partial charge in [0.05, 0.1) is 18.0 Å². The van der Waals surface area contributed by atoms with Gasteiger partial charge in [-0.3, -0.25) is 9.78 Å². The number of hydrogen-bond acceptors (Lipinski definition) is 4.